The second-order valence-corrected chi connectivity index (χ2v) is 7.12. The van der Waals surface area contributed by atoms with Crippen LogP contribution in [0.3, 0.4) is 0 Å². The first-order valence-electron chi connectivity index (χ1n) is 5.90. The standard InChI is InChI=1S/C11H25NO3S/c1-10(2)15-8-5-6-12-7-9-16(13,14)11(3)4/h10-12H,5-9H2,1-4H3. The molecule has 0 atom stereocenters. The number of hydrogen-bond donors (Lipinski definition) is 1. The van der Waals surface area contributed by atoms with Crippen LogP contribution in [0.5, 0.6) is 0 Å². The van der Waals surface area contributed by atoms with Gasteiger partial charge in [-0.2, -0.15) is 0 Å². The third kappa shape index (κ3) is 8.07. The average Bonchev–Trinajstić information content (AvgIpc) is 2.15. The summed E-state index contributed by atoms with van der Waals surface area (Å²) in [5, 5.41) is 2.83. The molecule has 0 aromatic heterocycles. The van der Waals surface area contributed by atoms with Crippen LogP contribution in [0, 0.1) is 0 Å². The van der Waals surface area contributed by atoms with Gasteiger partial charge in [0.15, 0.2) is 9.84 Å². The van der Waals surface area contributed by atoms with E-state index in [4.69, 9.17) is 4.74 Å². The Kier molecular flexibility index (Phi) is 7.97. The summed E-state index contributed by atoms with van der Waals surface area (Å²) in [6.07, 6.45) is 1.18. The predicted octanol–water partition coefficient (Wildman–Crippen LogP) is 1.21. The zero-order valence-electron chi connectivity index (χ0n) is 10.8. The Labute approximate surface area is 99.7 Å². The van der Waals surface area contributed by atoms with Gasteiger partial charge in [0.2, 0.25) is 0 Å². The molecule has 0 fully saturated rings. The molecule has 0 aliphatic rings. The van der Waals surface area contributed by atoms with Gasteiger partial charge in [-0.15, -0.1) is 0 Å². The van der Waals surface area contributed by atoms with E-state index in [0.29, 0.717) is 6.54 Å². The minimum absolute atomic E-state index is 0.218. The highest BCUT2D eigenvalue weighted by Gasteiger charge is 2.14. The molecule has 0 amide bonds. The highest BCUT2D eigenvalue weighted by Crippen LogP contribution is 1.99. The van der Waals surface area contributed by atoms with Crippen LogP contribution in [0.1, 0.15) is 34.1 Å². The number of hydrogen-bond acceptors (Lipinski definition) is 4. The first-order valence-corrected chi connectivity index (χ1v) is 7.61. The van der Waals surface area contributed by atoms with Crippen molar-refractivity contribution in [2.24, 2.45) is 0 Å². The van der Waals surface area contributed by atoms with Crippen LogP contribution in [-0.4, -0.2) is 45.2 Å². The maximum Gasteiger partial charge on any atom is 0.153 e. The quantitative estimate of drug-likeness (QED) is 0.626. The van der Waals surface area contributed by atoms with Crippen molar-refractivity contribution in [2.45, 2.75) is 45.5 Å². The summed E-state index contributed by atoms with van der Waals surface area (Å²) in [5.74, 6) is 0.218. The van der Waals surface area contributed by atoms with Crippen molar-refractivity contribution in [2.75, 3.05) is 25.4 Å². The molecule has 0 radical (unpaired) electrons. The molecule has 4 nitrogen and oxygen atoms in total. The summed E-state index contributed by atoms with van der Waals surface area (Å²) in [5.41, 5.74) is 0. The molecule has 0 bridgehead atoms. The van der Waals surface area contributed by atoms with Crippen LogP contribution < -0.4 is 5.32 Å². The minimum Gasteiger partial charge on any atom is -0.379 e. The Bertz CT molecular complexity index is 260. The summed E-state index contributed by atoms with van der Waals surface area (Å²) in [6.45, 7) is 9.49. The van der Waals surface area contributed by atoms with Gasteiger partial charge >= 0.3 is 0 Å². The van der Waals surface area contributed by atoms with Crippen LogP contribution in [0.2, 0.25) is 0 Å². The molecule has 1 N–H and O–H groups in total. The van der Waals surface area contributed by atoms with E-state index in [1.807, 2.05) is 13.8 Å². The largest absolute Gasteiger partial charge is 0.379 e. The van der Waals surface area contributed by atoms with E-state index in [2.05, 4.69) is 5.32 Å². The lowest BCUT2D eigenvalue weighted by molar-refractivity contribution is 0.0772. The first kappa shape index (κ1) is 15.9. The van der Waals surface area contributed by atoms with Gasteiger partial charge < -0.3 is 10.1 Å². The van der Waals surface area contributed by atoms with Crippen LogP contribution in [0.25, 0.3) is 0 Å². The van der Waals surface area contributed by atoms with Gasteiger partial charge in [-0.1, -0.05) is 0 Å². The Morgan fingerprint density at radius 1 is 1.12 bits per heavy atom. The lowest BCUT2D eigenvalue weighted by Gasteiger charge is -2.09. The molecule has 98 valence electrons. The van der Waals surface area contributed by atoms with E-state index in [9.17, 15) is 8.42 Å². The molecule has 0 aromatic rings. The topological polar surface area (TPSA) is 55.4 Å². The molecule has 0 saturated carbocycles. The third-order valence-electron chi connectivity index (χ3n) is 2.23. The molecular weight excluding hydrogens is 226 g/mol. The van der Waals surface area contributed by atoms with Gasteiger partial charge in [0.1, 0.15) is 0 Å². The second-order valence-electron chi connectivity index (χ2n) is 4.44. The van der Waals surface area contributed by atoms with Crippen molar-refractivity contribution in [1.82, 2.24) is 5.32 Å². The minimum atomic E-state index is -2.90. The van der Waals surface area contributed by atoms with Gasteiger partial charge in [-0.3, -0.25) is 0 Å². The molecular formula is C11H25NO3S. The highest BCUT2D eigenvalue weighted by molar-refractivity contribution is 7.92. The zero-order valence-corrected chi connectivity index (χ0v) is 11.6. The fourth-order valence-corrected chi connectivity index (χ4v) is 1.99. The lowest BCUT2D eigenvalue weighted by Crippen LogP contribution is -2.28. The van der Waals surface area contributed by atoms with Crippen molar-refractivity contribution >= 4 is 9.84 Å². The first-order chi connectivity index (χ1) is 7.36. The Balaban J connectivity index is 3.41. The van der Waals surface area contributed by atoms with Gasteiger partial charge in [0.25, 0.3) is 0 Å². The van der Waals surface area contributed by atoms with Crippen LogP contribution in [0.15, 0.2) is 0 Å². The number of ether oxygens (including phenoxy) is 1. The van der Waals surface area contributed by atoms with Crippen molar-refractivity contribution < 1.29 is 13.2 Å². The highest BCUT2D eigenvalue weighted by atomic mass is 32.2. The van der Waals surface area contributed by atoms with E-state index in [1.165, 1.54) is 0 Å². The Hall–Kier alpha value is -0.130. The van der Waals surface area contributed by atoms with Gasteiger partial charge in [0.05, 0.1) is 17.1 Å². The molecule has 0 aliphatic heterocycles. The molecule has 5 heteroatoms. The number of nitrogens with one attached hydrogen (secondary N) is 1. The predicted molar refractivity (Wildman–Crippen MR) is 67.5 cm³/mol. The zero-order chi connectivity index (χ0) is 12.6. The van der Waals surface area contributed by atoms with Gasteiger partial charge in [0, 0.05) is 13.2 Å². The summed E-state index contributed by atoms with van der Waals surface area (Å²) in [6, 6.07) is 0. The summed E-state index contributed by atoms with van der Waals surface area (Å²) >= 11 is 0. The van der Waals surface area contributed by atoms with Crippen LogP contribution in [0.4, 0.5) is 0 Å². The Morgan fingerprint density at radius 3 is 2.25 bits per heavy atom. The summed E-state index contributed by atoms with van der Waals surface area (Å²) in [7, 11) is -2.90. The SMILES string of the molecule is CC(C)OCCCNCCS(=O)(=O)C(C)C. The Morgan fingerprint density at radius 2 is 1.75 bits per heavy atom. The second kappa shape index (κ2) is 8.03. The maximum absolute atomic E-state index is 11.4. The van der Waals surface area contributed by atoms with Crippen LogP contribution >= 0.6 is 0 Å². The van der Waals surface area contributed by atoms with E-state index < -0.39 is 9.84 Å². The number of rotatable bonds is 9. The lowest BCUT2D eigenvalue weighted by atomic mass is 10.4. The molecule has 0 spiro atoms. The molecule has 0 heterocycles. The van der Waals surface area contributed by atoms with Crippen LogP contribution in [-0.2, 0) is 14.6 Å². The van der Waals surface area contributed by atoms with Crippen molar-refractivity contribution in [3.63, 3.8) is 0 Å². The fraction of sp³-hybridized carbons (Fsp3) is 1.00. The summed E-state index contributed by atoms with van der Waals surface area (Å²) < 4.78 is 28.3. The summed E-state index contributed by atoms with van der Waals surface area (Å²) in [4.78, 5) is 0. The van der Waals surface area contributed by atoms with Gasteiger partial charge in [-0.05, 0) is 40.7 Å². The molecule has 0 rings (SSSR count). The average molecular weight is 251 g/mol. The number of sulfone groups is 1. The molecule has 16 heavy (non-hydrogen) atoms. The van der Waals surface area contributed by atoms with E-state index >= 15 is 0 Å². The van der Waals surface area contributed by atoms with E-state index in [-0.39, 0.29) is 17.1 Å². The van der Waals surface area contributed by atoms with E-state index in [0.717, 1.165) is 19.6 Å². The molecule has 0 unspecified atom stereocenters. The van der Waals surface area contributed by atoms with Crippen molar-refractivity contribution in [3.8, 4) is 0 Å². The molecule has 0 aromatic carbocycles. The molecule has 0 saturated heterocycles. The van der Waals surface area contributed by atoms with Crippen molar-refractivity contribution in [3.05, 3.63) is 0 Å². The van der Waals surface area contributed by atoms with Crippen molar-refractivity contribution in [1.29, 1.82) is 0 Å². The third-order valence-corrected chi connectivity index (χ3v) is 4.44. The maximum atomic E-state index is 11.4. The smallest absolute Gasteiger partial charge is 0.153 e. The van der Waals surface area contributed by atoms with Gasteiger partial charge in [-0.25, -0.2) is 8.42 Å². The monoisotopic (exact) mass is 251 g/mol. The fourth-order valence-electron chi connectivity index (χ4n) is 1.09. The normalized spacial score (nSPS) is 12.6. The van der Waals surface area contributed by atoms with E-state index in [1.54, 1.807) is 13.8 Å². The molecule has 0 aliphatic carbocycles.